The van der Waals surface area contributed by atoms with Crippen LogP contribution in [0.4, 0.5) is 0 Å². The fourth-order valence-electron chi connectivity index (χ4n) is 0.515. The molecule has 0 N–H and O–H groups in total. The number of rotatable bonds is 0. The first-order valence-corrected chi connectivity index (χ1v) is 2.84. The van der Waals surface area contributed by atoms with Gasteiger partial charge in [0.1, 0.15) is 0 Å². The first kappa shape index (κ1) is 16.9. The smallest absolute Gasteiger partial charge is 0.346 e. The molecule has 0 nitrogen and oxygen atoms in total. The van der Waals surface area contributed by atoms with Crippen LogP contribution in [0.1, 0.15) is 20.3 Å². The van der Waals surface area contributed by atoms with Crippen LogP contribution in [0.3, 0.4) is 0 Å². The van der Waals surface area contributed by atoms with Crippen molar-refractivity contribution in [2.75, 3.05) is 0 Å². The third-order valence-corrected chi connectivity index (χ3v) is 0.867. The second-order valence-electron chi connectivity index (χ2n) is 1.47. The fraction of sp³-hybridized carbons (Fsp3) is 0.375. The van der Waals surface area contributed by atoms with Crippen molar-refractivity contribution in [1.29, 1.82) is 0 Å². The summed E-state index contributed by atoms with van der Waals surface area (Å²) in [4.78, 5) is 0. The summed E-state index contributed by atoms with van der Waals surface area (Å²) < 4.78 is 0. The van der Waals surface area contributed by atoms with Gasteiger partial charge in [0.05, 0.1) is 0 Å². The van der Waals surface area contributed by atoms with E-state index in [2.05, 4.69) is 32.1 Å². The molecule has 0 saturated heterocycles. The van der Waals surface area contributed by atoms with Crippen molar-refractivity contribution < 1.29 is 26.2 Å². The van der Waals surface area contributed by atoms with E-state index in [4.69, 9.17) is 0 Å². The second-order valence-corrected chi connectivity index (χ2v) is 1.47. The molecular formula is C8H13ClZr. The minimum atomic E-state index is 0. The molecule has 0 atom stereocenters. The Balaban J connectivity index is -0.000000114. The molecule has 56 valence electrons. The first-order valence-electron chi connectivity index (χ1n) is 2.84. The van der Waals surface area contributed by atoms with Crippen LogP contribution in [0, 0.1) is 13.0 Å². The summed E-state index contributed by atoms with van der Waals surface area (Å²) in [5.74, 6) is 0. The van der Waals surface area contributed by atoms with Crippen LogP contribution in [0.2, 0.25) is 0 Å². The Labute approximate surface area is 89.3 Å². The zero-order chi connectivity index (χ0) is 6.41. The maximum atomic E-state index is 3.25. The molecule has 1 rings (SSSR count). The van der Waals surface area contributed by atoms with E-state index in [-0.39, 0.29) is 38.6 Å². The SMILES string of the molecule is CC1=[C-]CC=C1.Cl.[CH2-]C.[Zr+2]. The fourth-order valence-corrected chi connectivity index (χ4v) is 0.515. The molecular weight excluding hydrogens is 223 g/mol. The second kappa shape index (κ2) is 12.3. The van der Waals surface area contributed by atoms with E-state index in [1.54, 1.807) is 6.92 Å². The van der Waals surface area contributed by atoms with Crippen LogP contribution in [0.25, 0.3) is 0 Å². The Kier molecular flexibility index (Phi) is 20.9. The van der Waals surface area contributed by atoms with Gasteiger partial charge in [0.15, 0.2) is 0 Å². The monoisotopic (exact) mass is 234 g/mol. The predicted octanol–water partition coefficient (Wildman–Crippen LogP) is 2.96. The van der Waals surface area contributed by atoms with Crippen molar-refractivity contribution in [3.05, 3.63) is 30.7 Å². The third kappa shape index (κ3) is 8.65. The normalized spacial score (nSPS) is 11.7. The molecule has 0 radical (unpaired) electrons. The molecule has 2 heteroatoms. The molecule has 10 heavy (non-hydrogen) atoms. The van der Waals surface area contributed by atoms with Crippen LogP contribution in [-0.4, -0.2) is 0 Å². The molecule has 0 aromatic heterocycles. The van der Waals surface area contributed by atoms with Gasteiger partial charge >= 0.3 is 26.2 Å². The van der Waals surface area contributed by atoms with E-state index >= 15 is 0 Å². The van der Waals surface area contributed by atoms with E-state index in [1.807, 2.05) is 0 Å². The molecule has 0 bridgehead atoms. The van der Waals surface area contributed by atoms with Crippen molar-refractivity contribution in [3.63, 3.8) is 0 Å². The summed E-state index contributed by atoms with van der Waals surface area (Å²) in [6.07, 6.45) is 8.33. The van der Waals surface area contributed by atoms with Gasteiger partial charge < -0.3 is 6.92 Å². The summed E-state index contributed by atoms with van der Waals surface area (Å²) >= 11 is 0. The number of hydrogen-bond donors (Lipinski definition) is 0. The molecule has 0 heterocycles. The maximum absolute atomic E-state index is 3.25. The molecule has 0 aromatic carbocycles. The summed E-state index contributed by atoms with van der Waals surface area (Å²) in [5.41, 5.74) is 1.27. The van der Waals surface area contributed by atoms with Gasteiger partial charge in [0.25, 0.3) is 0 Å². The molecule has 0 amide bonds. The molecule has 1 aliphatic carbocycles. The molecule has 0 aliphatic heterocycles. The van der Waals surface area contributed by atoms with Gasteiger partial charge in [0, 0.05) is 0 Å². The standard InChI is InChI=1S/C6H7.C2H5.ClH.Zr/c1-6-4-2-3-5-6;1-2;;/h2,4H,3H2,1H3;1H2,2H3;1H;/q2*-1;;+2. The molecule has 0 spiro atoms. The third-order valence-electron chi connectivity index (χ3n) is 0.867. The van der Waals surface area contributed by atoms with Crippen LogP contribution in [-0.2, 0) is 26.2 Å². The first-order chi connectivity index (χ1) is 3.89. The van der Waals surface area contributed by atoms with E-state index in [1.165, 1.54) is 5.57 Å². The van der Waals surface area contributed by atoms with Gasteiger partial charge in [-0.05, 0) is 0 Å². The molecule has 0 fully saturated rings. The predicted molar refractivity (Wildman–Crippen MR) is 44.5 cm³/mol. The zero-order valence-corrected chi connectivity index (χ0v) is 9.75. The van der Waals surface area contributed by atoms with Crippen LogP contribution >= 0.6 is 12.4 Å². The van der Waals surface area contributed by atoms with Crippen molar-refractivity contribution in [3.8, 4) is 0 Å². The van der Waals surface area contributed by atoms with Crippen LogP contribution < -0.4 is 0 Å². The minimum absolute atomic E-state index is 0. The molecule has 1 aliphatic rings. The topological polar surface area (TPSA) is 0 Å². The van der Waals surface area contributed by atoms with E-state index in [0.29, 0.717) is 0 Å². The number of halogens is 1. The maximum Gasteiger partial charge on any atom is 2.00 e. The molecule has 0 saturated carbocycles. The van der Waals surface area contributed by atoms with Crippen LogP contribution in [0.5, 0.6) is 0 Å². The number of hydrogen-bond acceptors (Lipinski definition) is 0. The van der Waals surface area contributed by atoms with E-state index in [9.17, 15) is 0 Å². The largest absolute Gasteiger partial charge is 2.00 e. The van der Waals surface area contributed by atoms with Gasteiger partial charge in [0.2, 0.25) is 0 Å². The average Bonchev–Trinajstić information content (AvgIpc) is 2.24. The Hall–Kier alpha value is 0.653. The number of allylic oxidation sites excluding steroid dienone is 4. The van der Waals surface area contributed by atoms with E-state index in [0.717, 1.165) is 6.42 Å². The van der Waals surface area contributed by atoms with Crippen molar-refractivity contribution in [2.24, 2.45) is 0 Å². The molecule has 0 unspecified atom stereocenters. The zero-order valence-electron chi connectivity index (χ0n) is 6.48. The quantitative estimate of drug-likeness (QED) is 0.567. The summed E-state index contributed by atoms with van der Waals surface area (Å²) in [6.45, 7) is 7.06. The summed E-state index contributed by atoms with van der Waals surface area (Å²) in [7, 11) is 0. The summed E-state index contributed by atoms with van der Waals surface area (Å²) in [5, 5.41) is 0. The Bertz CT molecular complexity index is 103. The minimum Gasteiger partial charge on any atom is -0.346 e. The Morgan fingerprint density at radius 3 is 2.10 bits per heavy atom. The van der Waals surface area contributed by atoms with E-state index < -0.39 is 0 Å². The molecule has 0 aromatic rings. The van der Waals surface area contributed by atoms with Crippen molar-refractivity contribution >= 4 is 12.4 Å². The van der Waals surface area contributed by atoms with Crippen LogP contribution in [0.15, 0.2) is 17.7 Å². The summed E-state index contributed by atoms with van der Waals surface area (Å²) in [6, 6.07) is 0. The van der Waals surface area contributed by atoms with Gasteiger partial charge in [-0.1, -0.05) is 6.92 Å². The Morgan fingerprint density at radius 1 is 1.50 bits per heavy atom. The Morgan fingerprint density at radius 2 is 2.00 bits per heavy atom. The van der Waals surface area contributed by atoms with Gasteiger partial charge in [-0.25, -0.2) is 11.6 Å². The van der Waals surface area contributed by atoms with Gasteiger partial charge in [-0.15, -0.1) is 18.8 Å². The van der Waals surface area contributed by atoms with Gasteiger partial charge in [-0.2, -0.15) is 13.0 Å². The van der Waals surface area contributed by atoms with Crippen molar-refractivity contribution in [2.45, 2.75) is 20.3 Å². The van der Waals surface area contributed by atoms with Crippen molar-refractivity contribution in [1.82, 2.24) is 0 Å². The van der Waals surface area contributed by atoms with Gasteiger partial charge in [-0.3, -0.25) is 6.08 Å². The average molecular weight is 236 g/mol.